The molecule has 0 fully saturated rings. The highest BCUT2D eigenvalue weighted by Crippen LogP contribution is 2.27. The van der Waals surface area contributed by atoms with Crippen LogP contribution in [0.25, 0.3) is 0 Å². The molecule has 0 saturated heterocycles. The molecule has 0 aliphatic rings. The van der Waals surface area contributed by atoms with Gasteiger partial charge < -0.3 is 14.8 Å². The summed E-state index contributed by atoms with van der Waals surface area (Å²) >= 11 is 1.73. The fourth-order valence-electron chi connectivity index (χ4n) is 1.92. The van der Waals surface area contributed by atoms with E-state index in [0.29, 0.717) is 18.4 Å². The van der Waals surface area contributed by atoms with Gasteiger partial charge in [0.1, 0.15) is 5.01 Å². The molecule has 0 aliphatic carbocycles. The number of ether oxygens (including phenoxy) is 2. The van der Waals surface area contributed by atoms with Crippen molar-refractivity contribution < 1.29 is 9.47 Å². The van der Waals surface area contributed by atoms with E-state index in [1.165, 1.54) is 5.69 Å². The number of thiazole rings is 1. The van der Waals surface area contributed by atoms with Crippen LogP contribution in [-0.2, 0) is 9.47 Å². The lowest BCUT2D eigenvalue weighted by Gasteiger charge is -2.22. The van der Waals surface area contributed by atoms with Crippen LogP contribution in [0, 0.1) is 5.92 Å². The molecular weight excluding hydrogens is 260 g/mol. The van der Waals surface area contributed by atoms with Gasteiger partial charge in [-0.1, -0.05) is 20.8 Å². The Morgan fingerprint density at radius 3 is 2.53 bits per heavy atom. The van der Waals surface area contributed by atoms with Crippen molar-refractivity contribution in [3.63, 3.8) is 0 Å². The van der Waals surface area contributed by atoms with Gasteiger partial charge in [-0.25, -0.2) is 4.98 Å². The molecule has 0 radical (unpaired) electrons. The number of nitrogens with zero attached hydrogens (tertiary/aromatic N) is 1. The van der Waals surface area contributed by atoms with E-state index in [1.807, 2.05) is 0 Å². The minimum atomic E-state index is 0.229. The molecule has 19 heavy (non-hydrogen) atoms. The maximum atomic E-state index is 5.27. The zero-order valence-corrected chi connectivity index (χ0v) is 13.4. The second-order valence-electron chi connectivity index (χ2n) is 5.12. The number of hydrogen-bond donors (Lipinski definition) is 1. The van der Waals surface area contributed by atoms with Gasteiger partial charge in [0.15, 0.2) is 0 Å². The first-order valence-electron chi connectivity index (χ1n) is 6.76. The quantitative estimate of drug-likeness (QED) is 0.709. The minimum absolute atomic E-state index is 0.229. The predicted molar refractivity (Wildman–Crippen MR) is 79.9 cm³/mol. The summed E-state index contributed by atoms with van der Waals surface area (Å²) in [7, 11) is 3.46. The smallest absolute Gasteiger partial charge is 0.110 e. The molecule has 110 valence electrons. The minimum Gasteiger partial charge on any atom is -0.384 e. The number of hydrogen-bond acceptors (Lipinski definition) is 5. The van der Waals surface area contributed by atoms with E-state index in [4.69, 9.17) is 14.5 Å². The van der Waals surface area contributed by atoms with Crippen molar-refractivity contribution in [1.29, 1.82) is 0 Å². The molecule has 5 heteroatoms. The molecule has 1 aromatic heterocycles. The average molecular weight is 286 g/mol. The van der Waals surface area contributed by atoms with Crippen molar-refractivity contribution in [3.05, 3.63) is 16.1 Å². The Labute approximate surface area is 120 Å². The second-order valence-corrected chi connectivity index (χ2v) is 6.01. The number of aromatic nitrogens is 1. The first-order valence-corrected chi connectivity index (χ1v) is 7.64. The third kappa shape index (κ3) is 5.18. The van der Waals surface area contributed by atoms with Crippen LogP contribution in [0.2, 0.25) is 0 Å². The zero-order chi connectivity index (χ0) is 14.3. The Kier molecular flexibility index (Phi) is 7.53. The Hall–Kier alpha value is -0.490. The van der Waals surface area contributed by atoms with Crippen LogP contribution in [-0.4, -0.2) is 39.0 Å². The van der Waals surface area contributed by atoms with Crippen LogP contribution in [0.15, 0.2) is 5.38 Å². The largest absolute Gasteiger partial charge is 0.384 e. The Morgan fingerprint density at radius 1 is 1.26 bits per heavy atom. The third-order valence-electron chi connectivity index (χ3n) is 3.07. The predicted octanol–water partition coefficient (Wildman–Crippen LogP) is 2.83. The first kappa shape index (κ1) is 16.6. The van der Waals surface area contributed by atoms with E-state index in [0.717, 1.165) is 18.2 Å². The van der Waals surface area contributed by atoms with Crippen LogP contribution < -0.4 is 5.32 Å². The molecule has 0 saturated carbocycles. The van der Waals surface area contributed by atoms with Gasteiger partial charge in [0.2, 0.25) is 0 Å². The SMILES string of the molecule is COCCNC(c1nc(C(C)C)cs1)C(C)COC. The van der Waals surface area contributed by atoms with Gasteiger partial charge in [-0.3, -0.25) is 0 Å². The average Bonchev–Trinajstić information content (AvgIpc) is 2.84. The topological polar surface area (TPSA) is 43.4 Å². The molecule has 0 amide bonds. The van der Waals surface area contributed by atoms with Gasteiger partial charge in [-0.05, 0) is 5.92 Å². The van der Waals surface area contributed by atoms with Crippen molar-refractivity contribution in [1.82, 2.24) is 10.3 Å². The Balaban J connectivity index is 2.75. The molecule has 1 rings (SSSR count). The van der Waals surface area contributed by atoms with Crippen molar-refractivity contribution in [2.24, 2.45) is 5.92 Å². The fourth-order valence-corrected chi connectivity index (χ4v) is 3.10. The van der Waals surface area contributed by atoms with Crippen molar-refractivity contribution in [2.75, 3.05) is 34.0 Å². The third-order valence-corrected chi connectivity index (χ3v) is 4.01. The Morgan fingerprint density at radius 2 is 2.00 bits per heavy atom. The molecule has 1 N–H and O–H groups in total. The molecule has 0 aliphatic heterocycles. The molecule has 0 aromatic carbocycles. The number of rotatable bonds is 9. The lowest BCUT2D eigenvalue weighted by molar-refractivity contribution is 0.133. The summed E-state index contributed by atoms with van der Waals surface area (Å²) in [6.45, 7) is 8.78. The summed E-state index contributed by atoms with van der Waals surface area (Å²) < 4.78 is 10.4. The van der Waals surface area contributed by atoms with E-state index < -0.39 is 0 Å². The van der Waals surface area contributed by atoms with Gasteiger partial charge >= 0.3 is 0 Å². The summed E-state index contributed by atoms with van der Waals surface area (Å²) in [6, 6.07) is 0.229. The molecular formula is C14H26N2O2S. The lowest BCUT2D eigenvalue weighted by atomic mass is 10.0. The van der Waals surface area contributed by atoms with Gasteiger partial charge in [-0.15, -0.1) is 11.3 Å². The first-order chi connectivity index (χ1) is 9.10. The van der Waals surface area contributed by atoms with Crippen molar-refractivity contribution >= 4 is 11.3 Å². The maximum absolute atomic E-state index is 5.27. The molecule has 0 bridgehead atoms. The highest BCUT2D eigenvalue weighted by atomic mass is 32.1. The molecule has 4 nitrogen and oxygen atoms in total. The highest BCUT2D eigenvalue weighted by Gasteiger charge is 2.22. The summed E-state index contributed by atoms with van der Waals surface area (Å²) in [5.74, 6) is 0.857. The highest BCUT2D eigenvalue weighted by molar-refractivity contribution is 7.09. The van der Waals surface area contributed by atoms with E-state index in [2.05, 4.69) is 31.5 Å². The van der Waals surface area contributed by atoms with Crippen LogP contribution >= 0.6 is 11.3 Å². The Bertz CT molecular complexity index is 355. The number of methoxy groups -OCH3 is 2. The molecule has 2 unspecified atom stereocenters. The fraction of sp³-hybridized carbons (Fsp3) is 0.786. The summed E-state index contributed by atoms with van der Waals surface area (Å²) in [4.78, 5) is 4.75. The molecule has 0 spiro atoms. The standard InChI is InChI=1S/C14H26N2O2S/c1-10(2)12-9-19-14(16-12)13(11(3)8-18-5)15-6-7-17-4/h9-11,13,15H,6-8H2,1-5H3. The number of nitrogens with one attached hydrogen (secondary N) is 1. The van der Waals surface area contributed by atoms with E-state index in [9.17, 15) is 0 Å². The second kappa shape index (κ2) is 8.64. The summed E-state index contributed by atoms with van der Waals surface area (Å²) in [5.41, 5.74) is 1.17. The summed E-state index contributed by atoms with van der Waals surface area (Å²) in [5, 5.41) is 6.82. The zero-order valence-electron chi connectivity index (χ0n) is 12.6. The molecule has 1 aromatic rings. The monoisotopic (exact) mass is 286 g/mol. The van der Waals surface area contributed by atoms with Gasteiger partial charge in [0.05, 0.1) is 24.9 Å². The molecule has 2 atom stereocenters. The lowest BCUT2D eigenvalue weighted by Crippen LogP contribution is -2.31. The van der Waals surface area contributed by atoms with Crippen LogP contribution in [0.1, 0.15) is 43.4 Å². The summed E-state index contributed by atoms with van der Waals surface area (Å²) in [6.07, 6.45) is 0. The maximum Gasteiger partial charge on any atom is 0.110 e. The van der Waals surface area contributed by atoms with E-state index in [-0.39, 0.29) is 6.04 Å². The van der Waals surface area contributed by atoms with Gasteiger partial charge in [0, 0.05) is 32.1 Å². The van der Waals surface area contributed by atoms with E-state index in [1.54, 1.807) is 25.6 Å². The van der Waals surface area contributed by atoms with Crippen LogP contribution in [0.5, 0.6) is 0 Å². The van der Waals surface area contributed by atoms with E-state index >= 15 is 0 Å². The van der Waals surface area contributed by atoms with Crippen molar-refractivity contribution in [3.8, 4) is 0 Å². The van der Waals surface area contributed by atoms with Crippen LogP contribution in [0.3, 0.4) is 0 Å². The van der Waals surface area contributed by atoms with Crippen molar-refractivity contribution in [2.45, 2.75) is 32.7 Å². The van der Waals surface area contributed by atoms with Gasteiger partial charge in [0.25, 0.3) is 0 Å². The normalized spacial score (nSPS) is 14.8. The van der Waals surface area contributed by atoms with Gasteiger partial charge in [-0.2, -0.15) is 0 Å². The van der Waals surface area contributed by atoms with Crippen LogP contribution in [0.4, 0.5) is 0 Å². The molecule has 1 heterocycles.